The largest absolute Gasteiger partial charge is 0.398 e. The number of anilines is 1. The topological polar surface area (TPSA) is 107 Å². The van der Waals surface area contributed by atoms with Gasteiger partial charge in [0.05, 0.1) is 10.9 Å². The quantitative estimate of drug-likeness (QED) is 0.304. The zero-order valence-electron chi connectivity index (χ0n) is 15.9. The highest BCUT2D eigenvalue weighted by atomic mass is 16.2. The van der Waals surface area contributed by atoms with Crippen molar-refractivity contribution >= 4 is 78.6 Å². The van der Waals surface area contributed by atoms with Crippen LogP contribution in [0.1, 0.15) is 11.9 Å². The van der Waals surface area contributed by atoms with Gasteiger partial charge in [-0.2, -0.15) is 0 Å². The van der Waals surface area contributed by atoms with E-state index in [2.05, 4.69) is 10.3 Å². The van der Waals surface area contributed by atoms with Crippen molar-refractivity contribution < 1.29 is 9.59 Å². The smallest absolute Gasteiger partial charge is 0.264 e. The second-order valence-electron chi connectivity index (χ2n) is 7.78. The van der Waals surface area contributed by atoms with Crippen LogP contribution in [0.4, 0.5) is 5.69 Å². The van der Waals surface area contributed by atoms with Gasteiger partial charge in [-0.3, -0.25) is 24.3 Å². The molecule has 2 amide bonds. The minimum Gasteiger partial charge on any atom is -0.398 e. The molecule has 7 nitrogen and oxygen atoms in total. The fourth-order valence-corrected chi connectivity index (χ4v) is 3.80. The molecule has 2 heterocycles. The number of rotatable bonds is 1. The van der Waals surface area contributed by atoms with Crippen molar-refractivity contribution in [1.82, 2.24) is 14.9 Å². The molecular formula is C14H19B5N4O3. The second-order valence-corrected chi connectivity index (χ2v) is 7.78. The van der Waals surface area contributed by atoms with E-state index in [9.17, 15) is 14.4 Å². The molecule has 1 fully saturated rings. The van der Waals surface area contributed by atoms with Gasteiger partial charge in [-0.25, -0.2) is 4.98 Å². The van der Waals surface area contributed by atoms with Crippen molar-refractivity contribution in [3.63, 3.8) is 0 Å². The summed E-state index contributed by atoms with van der Waals surface area (Å²) in [6.07, 6.45) is 0. The van der Waals surface area contributed by atoms with Crippen LogP contribution in [-0.2, 0) is 9.59 Å². The summed E-state index contributed by atoms with van der Waals surface area (Å²) in [4.78, 5) is 42.7. The molecule has 0 saturated carbocycles. The first kappa shape index (κ1) is 18.4. The van der Waals surface area contributed by atoms with Crippen LogP contribution >= 0.6 is 0 Å². The number of nitrogens with zero attached hydrogens (tertiary/aromatic N) is 2. The van der Waals surface area contributed by atoms with Crippen molar-refractivity contribution in [3.8, 4) is 0 Å². The zero-order chi connectivity index (χ0) is 19.5. The van der Waals surface area contributed by atoms with Crippen molar-refractivity contribution in [2.24, 2.45) is 0 Å². The maximum Gasteiger partial charge on any atom is 0.264 e. The summed E-state index contributed by atoms with van der Waals surface area (Å²) in [7, 11) is 9.11. The number of nitrogens with one attached hydrogen (secondary N) is 1. The van der Waals surface area contributed by atoms with Gasteiger partial charge in [0.1, 0.15) is 51.1 Å². The lowest BCUT2D eigenvalue weighted by Crippen LogP contribution is -2.55. The molecule has 0 bridgehead atoms. The van der Waals surface area contributed by atoms with Crippen molar-refractivity contribution in [3.05, 3.63) is 22.2 Å². The first-order chi connectivity index (χ1) is 12.0. The Bertz CT molecular complexity index is 1040. The van der Waals surface area contributed by atoms with E-state index in [1.165, 1.54) is 4.57 Å². The third-order valence-corrected chi connectivity index (χ3v) is 5.76. The standard InChI is InChI=1S/C14H19B5N4O3/c1-3-21-8-5(16)2-4(15)7(20)6(8)13(26)23(3)10-12(25)22-11(24)9(17)14(10,18)19/h2,9-10H,15-20H2,1H3,(H,22,24,25). The molecule has 26 heavy (non-hydrogen) atoms. The number of fused-ring (bicyclic) bond motifs is 1. The predicted octanol–water partition coefficient (Wildman–Crippen LogP) is -6.19. The number of amides is 2. The number of nitrogen functional groups attached to an aromatic ring is 1. The molecule has 12 heteroatoms. The maximum atomic E-state index is 13.4. The van der Waals surface area contributed by atoms with E-state index in [0.717, 1.165) is 10.9 Å². The third-order valence-electron chi connectivity index (χ3n) is 5.76. The summed E-state index contributed by atoms with van der Waals surface area (Å²) in [6.45, 7) is 1.70. The van der Waals surface area contributed by atoms with Gasteiger partial charge in [-0.1, -0.05) is 22.2 Å². The molecule has 1 saturated heterocycles. The van der Waals surface area contributed by atoms with Crippen molar-refractivity contribution in [2.75, 3.05) is 5.73 Å². The SMILES string of the molecule is Bc1cc(B)c2nc(C)n(C3C(=O)NC(=O)C(B)C3(B)B)c(=O)c2c1N. The molecule has 128 valence electrons. The van der Waals surface area contributed by atoms with E-state index in [1.807, 2.05) is 37.5 Å². The van der Waals surface area contributed by atoms with Crippen LogP contribution in [0.3, 0.4) is 0 Å². The summed E-state index contributed by atoms with van der Waals surface area (Å²) in [5.74, 6) is -0.846. The van der Waals surface area contributed by atoms with Gasteiger partial charge in [0, 0.05) is 11.5 Å². The molecule has 0 radical (unpaired) electrons. The molecule has 1 aliphatic rings. The Balaban J connectivity index is 2.39. The maximum absolute atomic E-state index is 13.4. The summed E-state index contributed by atoms with van der Waals surface area (Å²) in [5.41, 5.74) is 8.39. The highest BCUT2D eigenvalue weighted by Crippen LogP contribution is 2.45. The summed E-state index contributed by atoms with van der Waals surface area (Å²) in [6, 6.07) is 1.05. The molecule has 2 aromatic rings. The van der Waals surface area contributed by atoms with Gasteiger partial charge in [0.25, 0.3) is 5.56 Å². The molecule has 0 spiro atoms. The van der Waals surface area contributed by atoms with Gasteiger partial charge in [-0.05, 0) is 6.92 Å². The molecule has 1 aromatic carbocycles. The Morgan fingerprint density at radius 1 is 1.19 bits per heavy atom. The monoisotopic (exact) mass is 346 g/mol. The molecule has 2 unspecified atom stereocenters. The fourth-order valence-electron chi connectivity index (χ4n) is 3.80. The minimum atomic E-state index is -0.847. The van der Waals surface area contributed by atoms with Gasteiger partial charge in [0.2, 0.25) is 11.8 Å². The van der Waals surface area contributed by atoms with Gasteiger partial charge < -0.3 is 5.73 Å². The molecule has 2 atom stereocenters. The van der Waals surface area contributed by atoms with Crippen LogP contribution in [-0.4, -0.2) is 60.6 Å². The van der Waals surface area contributed by atoms with Gasteiger partial charge in [0.15, 0.2) is 0 Å². The van der Waals surface area contributed by atoms with Crippen molar-refractivity contribution in [2.45, 2.75) is 24.0 Å². The second kappa shape index (κ2) is 5.82. The number of carbonyl (C=O) groups excluding carboxylic acids is 2. The number of hydrogen-bond acceptors (Lipinski definition) is 5. The average molecular weight is 345 g/mol. The molecule has 0 aliphatic carbocycles. The van der Waals surface area contributed by atoms with Gasteiger partial charge in [-0.15, -0.1) is 0 Å². The van der Waals surface area contributed by atoms with E-state index in [1.54, 1.807) is 14.8 Å². The van der Waals surface area contributed by atoms with Crippen LogP contribution in [0.25, 0.3) is 10.9 Å². The highest BCUT2D eigenvalue weighted by Gasteiger charge is 2.48. The van der Waals surface area contributed by atoms with Crippen LogP contribution in [0.15, 0.2) is 10.9 Å². The van der Waals surface area contributed by atoms with Crippen LogP contribution in [0.5, 0.6) is 0 Å². The third kappa shape index (κ3) is 2.42. The Morgan fingerprint density at radius 2 is 1.81 bits per heavy atom. The lowest BCUT2D eigenvalue weighted by molar-refractivity contribution is -0.136. The van der Waals surface area contributed by atoms with E-state index in [4.69, 9.17) is 5.73 Å². The fraction of sp³-hybridized carbons (Fsp3) is 0.286. The van der Waals surface area contributed by atoms with Crippen molar-refractivity contribution in [1.29, 1.82) is 0 Å². The number of imide groups is 1. The number of aryl methyl sites for hydroxylation is 1. The number of nitrogens with two attached hydrogens (primary N) is 1. The Hall–Kier alpha value is -2.38. The minimum absolute atomic E-state index is 0.321. The number of aromatic nitrogens is 2. The van der Waals surface area contributed by atoms with Crippen LogP contribution in [0.2, 0.25) is 11.0 Å². The first-order valence-corrected chi connectivity index (χ1v) is 8.61. The normalized spacial score (nSPS) is 22.3. The van der Waals surface area contributed by atoms with E-state index in [0.29, 0.717) is 22.4 Å². The van der Waals surface area contributed by atoms with E-state index in [-0.39, 0.29) is 11.5 Å². The predicted molar refractivity (Wildman–Crippen MR) is 116 cm³/mol. The number of piperidine rings is 1. The van der Waals surface area contributed by atoms with Gasteiger partial charge >= 0.3 is 0 Å². The molecule has 1 aromatic heterocycles. The lowest BCUT2D eigenvalue weighted by Gasteiger charge is -2.43. The van der Waals surface area contributed by atoms with Crippen LogP contribution in [0, 0.1) is 6.92 Å². The number of carbonyl (C=O) groups is 2. The highest BCUT2D eigenvalue weighted by molar-refractivity contribution is 6.50. The summed E-state index contributed by atoms with van der Waals surface area (Å²) in [5, 5.41) is 1.94. The molecule has 3 rings (SSSR count). The summed E-state index contributed by atoms with van der Waals surface area (Å²) < 4.78 is 1.38. The zero-order valence-corrected chi connectivity index (χ0v) is 15.9. The van der Waals surface area contributed by atoms with Crippen LogP contribution < -0.4 is 27.5 Å². The Labute approximate surface area is 155 Å². The van der Waals surface area contributed by atoms with E-state index < -0.39 is 23.0 Å². The average Bonchev–Trinajstić information content (AvgIpc) is 2.53. The number of benzene rings is 1. The summed E-state index contributed by atoms with van der Waals surface area (Å²) >= 11 is 0. The molecular weight excluding hydrogens is 326 g/mol. The molecule has 1 aliphatic heterocycles. The Morgan fingerprint density at radius 3 is 2.42 bits per heavy atom. The number of hydrogen-bond donors (Lipinski definition) is 2. The Kier molecular flexibility index (Phi) is 4.12. The lowest BCUT2D eigenvalue weighted by atomic mass is 9.39. The first-order valence-electron chi connectivity index (χ1n) is 8.61. The molecule has 3 N–H and O–H groups in total. The van der Waals surface area contributed by atoms with E-state index >= 15 is 0 Å².